The molecule has 0 aromatic carbocycles. The van der Waals surface area contributed by atoms with Gasteiger partial charge in [-0.2, -0.15) is 13.2 Å². The number of aromatic nitrogens is 3. The minimum atomic E-state index is -5.08. The first-order valence-corrected chi connectivity index (χ1v) is 11.6. The smallest absolute Gasteiger partial charge is 0.475 e. The predicted octanol–water partition coefficient (Wildman–Crippen LogP) is 3.10. The Kier molecular flexibility index (Phi) is 8.87. The maximum absolute atomic E-state index is 12.6. The second kappa shape index (κ2) is 11.6. The number of nitrogens with zero attached hydrogens (tertiary/aromatic N) is 5. The van der Waals surface area contributed by atoms with Crippen molar-refractivity contribution in [3.8, 4) is 0 Å². The van der Waals surface area contributed by atoms with Crippen LogP contribution in [0.5, 0.6) is 0 Å². The third kappa shape index (κ3) is 7.83. The van der Waals surface area contributed by atoms with Crippen molar-refractivity contribution in [2.75, 3.05) is 26.2 Å². The van der Waals surface area contributed by atoms with Crippen LogP contribution in [0, 0.1) is 11.8 Å². The molecule has 2 aliphatic heterocycles. The van der Waals surface area contributed by atoms with Crippen molar-refractivity contribution < 1.29 is 27.9 Å². The van der Waals surface area contributed by atoms with Gasteiger partial charge in [-0.15, -0.1) is 5.10 Å². The predicted molar refractivity (Wildman–Crippen MR) is 114 cm³/mol. The fourth-order valence-corrected chi connectivity index (χ4v) is 4.55. The lowest BCUT2D eigenvalue weighted by molar-refractivity contribution is -0.192. The molecule has 1 atom stereocenters. The summed E-state index contributed by atoms with van der Waals surface area (Å²) < 4.78 is 33.7. The number of aliphatic carboxylic acids is 1. The van der Waals surface area contributed by atoms with Crippen LogP contribution < -0.4 is 0 Å². The molecule has 1 aromatic heterocycles. The first kappa shape index (κ1) is 25.2. The molecular formula is C22H32F3N5O3. The maximum atomic E-state index is 12.6. The van der Waals surface area contributed by atoms with Crippen molar-refractivity contribution in [3.63, 3.8) is 0 Å². The Bertz CT molecular complexity index is 812. The molecule has 33 heavy (non-hydrogen) atoms. The van der Waals surface area contributed by atoms with Crippen LogP contribution in [0.4, 0.5) is 13.2 Å². The van der Waals surface area contributed by atoms with Gasteiger partial charge in [0.05, 0.1) is 5.69 Å². The molecule has 1 aromatic rings. The van der Waals surface area contributed by atoms with E-state index in [0.717, 1.165) is 64.0 Å². The topological polar surface area (TPSA) is 91.6 Å². The molecule has 11 heteroatoms. The van der Waals surface area contributed by atoms with Crippen molar-refractivity contribution in [1.29, 1.82) is 0 Å². The van der Waals surface area contributed by atoms with Crippen LogP contribution in [0.2, 0.25) is 0 Å². The van der Waals surface area contributed by atoms with Gasteiger partial charge in [0.1, 0.15) is 0 Å². The van der Waals surface area contributed by atoms with Crippen molar-refractivity contribution in [2.45, 2.75) is 64.2 Å². The van der Waals surface area contributed by atoms with Gasteiger partial charge < -0.3 is 10.0 Å². The van der Waals surface area contributed by atoms with Crippen molar-refractivity contribution in [1.82, 2.24) is 24.8 Å². The molecule has 2 fully saturated rings. The number of amides is 1. The standard InChI is InChI=1S/C20H31N5O.C2HF3O2/c26-20(18-6-2-1-3-7-18)24-12-8-17(9-13-24)14-25-16-19(21-22-25)15-23-10-4-5-11-23;3-2(4,5)1(6)7/h1-2,16-18H,3-15H2;(H,6,7). The molecular weight excluding hydrogens is 439 g/mol. The van der Waals surface area contributed by atoms with E-state index < -0.39 is 12.1 Å². The Hall–Kier alpha value is -2.43. The van der Waals surface area contributed by atoms with Crippen LogP contribution in [0.3, 0.4) is 0 Å². The fraction of sp³-hybridized carbons (Fsp3) is 0.727. The Morgan fingerprint density at radius 3 is 2.30 bits per heavy atom. The minimum absolute atomic E-state index is 0.222. The first-order valence-electron chi connectivity index (χ1n) is 11.6. The molecule has 2 saturated heterocycles. The molecule has 0 radical (unpaired) electrons. The third-order valence-electron chi connectivity index (χ3n) is 6.40. The van der Waals surface area contributed by atoms with Crippen LogP contribution in [0.25, 0.3) is 0 Å². The minimum Gasteiger partial charge on any atom is -0.475 e. The van der Waals surface area contributed by atoms with E-state index in [9.17, 15) is 18.0 Å². The van der Waals surface area contributed by atoms with E-state index in [-0.39, 0.29) is 5.92 Å². The average molecular weight is 472 g/mol. The summed E-state index contributed by atoms with van der Waals surface area (Å²) in [6, 6.07) is 0. The van der Waals surface area contributed by atoms with Gasteiger partial charge in [0, 0.05) is 38.3 Å². The van der Waals surface area contributed by atoms with Gasteiger partial charge in [0.25, 0.3) is 0 Å². The highest BCUT2D eigenvalue weighted by Crippen LogP contribution is 2.25. The highest BCUT2D eigenvalue weighted by Gasteiger charge is 2.38. The molecule has 0 bridgehead atoms. The summed E-state index contributed by atoms with van der Waals surface area (Å²) >= 11 is 0. The molecule has 4 rings (SSSR count). The summed E-state index contributed by atoms with van der Waals surface area (Å²) in [5, 5.41) is 15.8. The summed E-state index contributed by atoms with van der Waals surface area (Å²) in [5.41, 5.74) is 1.09. The molecule has 1 aliphatic carbocycles. The highest BCUT2D eigenvalue weighted by atomic mass is 19.4. The van der Waals surface area contributed by atoms with E-state index in [4.69, 9.17) is 9.90 Å². The summed E-state index contributed by atoms with van der Waals surface area (Å²) in [5.74, 6) is -1.55. The van der Waals surface area contributed by atoms with Crippen LogP contribution in [-0.4, -0.2) is 74.1 Å². The largest absolute Gasteiger partial charge is 0.490 e. The highest BCUT2D eigenvalue weighted by molar-refractivity contribution is 5.79. The molecule has 0 saturated carbocycles. The Labute approximate surface area is 191 Å². The van der Waals surface area contributed by atoms with Crippen LogP contribution in [0.15, 0.2) is 18.3 Å². The molecule has 1 N–H and O–H groups in total. The van der Waals surface area contributed by atoms with Gasteiger partial charge in [0.2, 0.25) is 5.91 Å². The number of carbonyl (C=O) groups is 2. The van der Waals surface area contributed by atoms with Gasteiger partial charge in [-0.05, 0) is 64.0 Å². The number of halogens is 3. The van der Waals surface area contributed by atoms with Gasteiger partial charge in [0.15, 0.2) is 0 Å². The number of hydrogen-bond acceptors (Lipinski definition) is 5. The van der Waals surface area contributed by atoms with Gasteiger partial charge in [-0.25, -0.2) is 4.79 Å². The number of carboxylic acids is 1. The zero-order valence-corrected chi connectivity index (χ0v) is 18.7. The number of carboxylic acid groups (broad SMARTS) is 1. The third-order valence-corrected chi connectivity index (χ3v) is 6.40. The van der Waals surface area contributed by atoms with E-state index in [2.05, 4.69) is 38.5 Å². The quantitative estimate of drug-likeness (QED) is 0.664. The number of rotatable bonds is 5. The molecule has 1 unspecified atom stereocenters. The van der Waals surface area contributed by atoms with Crippen molar-refractivity contribution in [2.24, 2.45) is 11.8 Å². The van der Waals surface area contributed by atoms with Crippen molar-refractivity contribution >= 4 is 11.9 Å². The Balaban J connectivity index is 0.000000383. The second-order valence-electron chi connectivity index (χ2n) is 8.97. The summed E-state index contributed by atoms with van der Waals surface area (Å²) in [4.78, 5) is 26.1. The van der Waals surface area contributed by atoms with Gasteiger partial charge >= 0.3 is 12.1 Å². The molecule has 3 aliphatic rings. The number of hydrogen-bond donors (Lipinski definition) is 1. The number of likely N-dealkylation sites (tertiary alicyclic amines) is 2. The zero-order chi connectivity index (χ0) is 23.8. The second-order valence-corrected chi connectivity index (χ2v) is 8.97. The molecule has 3 heterocycles. The Morgan fingerprint density at radius 1 is 1.06 bits per heavy atom. The number of allylic oxidation sites excluding steroid dienone is 2. The van der Waals surface area contributed by atoms with E-state index in [0.29, 0.717) is 11.8 Å². The van der Waals surface area contributed by atoms with E-state index >= 15 is 0 Å². The van der Waals surface area contributed by atoms with Gasteiger partial charge in [-0.3, -0.25) is 14.4 Å². The number of alkyl halides is 3. The van der Waals surface area contributed by atoms with Crippen LogP contribution in [0.1, 0.15) is 50.6 Å². The van der Waals surface area contributed by atoms with Gasteiger partial charge in [-0.1, -0.05) is 17.4 Å². The van der Waals surface area contributed by atoms with Crippen LogP contribution in [-0.2, 0) is 22.7 Å². The molecule has 0 spiro atoms. The van der Waals surface area contributed by atoms with E-state index in [1.165, 1.54) is 25.9 Å². The molecule has 184 valence electrons. The summed E-state index contributed by atoms with van der Waals surface area (Å²) in [7, 11) is 0. The fourth-order valence-electron chi connectivity index (χ4n) is 4.55. The first-order chi connectivity index (χ1) is 15.7. The lowest BCUT2D eigenvalue weighted by Gasteiger charge is -2.34. The lowest BCUT2D eigenvalue weighted by atomic mass is 9.91. The SMILES string of the molecule is O=C(C1CC=CCC1)N1CCC(Cn2cc(CN3CCCC3)nn2)CC1.O=C(O)C(F)(F)F. The number of carbonyl (C=O) groups excluding carboxylic acids is 1. The normalized spacial score (nSPS) is 22.2. The van der Waals surface area contributed by atoms with E-state index in [1.54, 1.807) is 0 Å². The van der Waals surface area contributed by atoms with Crippen LogP contribution >= 0.6 is 0 Å². The molecule has 1 amide bonds. The lowest BCUT2D eigenvalue weighted by Crippen LogP contribution is -2.42. The Morgan fingerprint density at radius 2 is 1.73 bits per heavy atom. The monoisotopic (exact) mass is 471 g/mol. The average Bonchev–Trinajstić information content (AvgIpc) is 3.47. The summed E-state index contributed by atoms with van der Waals surface area (Å²) in [6.07, 6.45) is 9.18. The summed E-state index contributed by atoms with van der Waals surface area (Å²) in [6.45, 7) is 6.05. The van der Waals surface area contributed by atoms with Crippen molar-refractivity contribution in [3.05, 3.63) is 24.0 Å². The zero-order valence-electron chi connectivity index (χ0n) is 18.7. The number of piperidine rings is 1. The van der Waals surface area contributed by atoms with E-state index in [1.807, 2.05) is 4.68 Å². The molecule has 8 nitrogen and oxygen atoms in total. The maximum Gasteiger partial charge on any atom is 0.490 e.